The second-order valence-electron chi connectivity index (χ2n) is 5.62. The van der Waals surface area contributed by atoms with Crippen molar-refractivity contribution in [3.8, 4) is 11.4 Å². The first-order chi connectivity index (χ1) is 11.6. The van der Waals surface area contributed by atoms with Crippen LogP contribution in [0.1, 0.15) is 13.8 Å². The van der Waals surface area contributed by atoms with Crippen LogP contribution < -0.4 is 5.56 Å². The molecule has 24 heavy (non-hydrogen) atoms. The molecule has 0 fully saturated rings. The van der Waals surface area contributed by atoms with Gasteiger partial charge >= 0.3 is 5.97 Å². The maximum atomic E-state index is 12.8. The highest BCUT2D eigenvalue weighted by Crippen LogP contribution is 2.18. The maximum absolute atomic E-state index is 12.8. The standard InChI is InChI=1S/C18H17N3O3/c1-12(2)24-16(22)11-21-17(13-6-5-9-19-10-13)20-15-8-4-3-7-14(15)18(21)23/h3-10,12H,11H2,1-2H3. The Labute approximate surface area is 138 Å². The van der Waals surface area contributed by atoms with Crippen LogP contribution in [0.5, 0.6) is 0 Å². The lowest BCUT2D eigenvalue weighted by Crippen LogP contribution is -2.29. The first-order valence-electron chi connectivity index (χ1n) is 7.65. The van der Waals surface area contributed by atoms with E-state index in [9.17, 15) is 9.59 Å². The minimum Gasteiger partial charge on any atom is -0.462 e. The van der Waals surface area contributed by atoms with Crippen LogP contribution in [-0.4, -0.2) is 26.6 Å². The van der Waals surface area contributed by atoms with Crippen molar-refractivity contribution < 1.29 is 9.53 Å². The van der Waals surface area contributed by atoms with Gasteiger partial charge in [0.1, 0.15) is 12.4 Å². The molecule has 0 radical (unpaired) electrons. The number of hydrogen-bond donors (Lipinski definition) is 0. The molecule has 122 valence electrons. The molecule has 3 rings (SSSR count). The fourth-order valence-corrected chi connectivity index (χ4v) is 2.46. The van der Waals surface area contributed by atoms with Crippen LogP contribution in [0.4, 0.5) is 0 Å². The first-order valence-corrected chi connectivity index (χ1v) is 7.65. The van der Waals surface area contributed by atoms with Crippen LogP contribution in [0, 0.1) is 0 Å². The molecule has 0 aliphatic heterocycles. The van der Waals surface area contributed by atoms with Crippen molar-refractivity contribution in [1.82, 2.24) is 14.5 Å². The lowest BCUT2D eigenvalue weighted by molar-refractivity contribution is -0.148. The van der Waals surface area contributed by atoms with Gasteiger partial charge in [0.25, 0.3) is 5.56 Å². The summed E-state index contributed by atoms with van der Waals surface area (Å²) in [6, 6.07) is 10.6. The minimum absolute atomic E-state index is 0.195. The molecule has 1 aromatic carbocycles. The van der Waals surface area contributed by atoms with Crippen LogP contribution in [-0.2, 0) is 16.1 Å². The van der Waals surface area contributed by atoms with E-state index in [1.165, 1.54) is 4.57 Å². The van der Waals surface area contributed by atoms with Crippen molar-refractivity contribution in [2.75, 3.05) is 0 Å². The quantitative estimate of drug-likeness (QED) is 0.689. The number of rotatable bonds is 4. The zero-order chi connectivity index (χ0) is 17.1. The number of ether oxygens (including phenoxy) is 1. The third-order valence-electron chi connectivity index (χ3n) is 3.44. The van der Waals surface area contributed by atoms with E-state index >= 15 is 0 Å². The Morgan fingerprint density at radius 2 is 2.00 bits per heavy atom. The average molecular weight is 323 g/mol. The highest BCUT2D eigenvalue weighted by Gasteiger charge is 2.16. The van der Waals surface area contributed by atoms with E-state index in [0.29, 0.717) is 22.3 Å². The van der Waals surface area contributed by atoms with Gasteiger partial charge in [0.05, 0.1) is 17.0 Å². The number of aromatic nitrogens is 3. The Hall–Kier alpha value is -3.02. The number of carbonyl (C=O) groups is 1. The summed E-state index contributed by atoms with van der Waals surface area (Å²) in [5, 5.41) is 0.461. The zero-order valence-corrected chi connectivity index (χ0v) is 13.5. The van der Waals surface area contributed by atoms with Crippen molar-refractivity contribution >= 4 is 16.9 Å². The van der Waals surface area contributed by atoms with Crippen LogP contribution in [0.25, 0.3) is 22.3 Å². The largest absolute Gasteiger partial charge is 0.462 e. The minimum atomic E-state index is -0.477. The number of fused-ring (bicyclic) bond motifs is 1. The first kappa shape index (κ1) is 15.9. The van der Waals surface area contributed by atoms with Crippen LogP contribution >= 0.6 is 0 Å². The summed E-state index contributed by atoms with van der Waals surface area (Å²) in [5.74, 6) is -0.0816. The van der Waals surface area contributed by atoms with Gasteiger partial charge in [-0.15, -0.1) is 0 Å². The van der Waals surface area contributed by atoms with Crippen molar-refractivity contribution in [3.63, 3.8) is 0 Å². The Bertz CT molecular complexity index is 933. The van der Waals surface area contributed by atoms with E-state index < -0.39 is 5.97 Å². The van der Waals surface area contributed by atoms with Gasteiger partial charge in [-0.3, -0.25) is 19.1 Å². The Morgan fingerprint density at radius 3 is 2.71 bits per heavy atom. The van der Waals surface area contributed by atoms with E-state index in [2.05, 4.69) is 9.97 Å². The van der Waals surface area contributed by atoms with E-state index in [0.717, 1.165) is 0 Å². The number of esters is 1. The van der Waals surface area contributed by atoms with Gasteiger partial charge in [0, 0.05) is 18.0 Å². The molecule has 0 saturated heterocycles. The van der Waals surface area contributed by atoms with Gasteiger partial charge in [-0.05, 0) is 38.1 Å². The monoisotopic (exact) mass is 323 g/mol. The second-order valence-corrected chi connectivity index (χ2v) is 5.62. The normalized spacial score (nSPS) is 11.0. The molecule has 0 amide bonds. The van der Waals surface area contributed by atoms with E-state index in [4.69, 9.17) is 4.74 Å². The third kappa shape index (κ3) is 3.17. The number of benzene rings is 1. The maximum Gasteiger partial charge on any atom is 0.326 e. The van der Waals surface area contributed by atoms with Gasteiger partial charge in [-0.1, -0.05) is 12.1 Å². The number of para-hydroxylation sites is 1. The van der Waals surface area contributed by atoms with Crippen LogP contribution in [0.15, 0.2) is 53.6 Å². The lowest BCUT2D eigenvalue weighted by Gasteiger charge is -2.14. The Balaban J connectivity index is 2.19. The summed E-state index contributed by atoms with van der Waals surface area (Å²) in [5.41, 5.74) is 0.965. The smallest absolute Gasteiger partial charge is 0.326 e. The molecule has 0 aliphatic carbocycles. The number of carbonyl (C=O) groups excluding carboxylic acids is 1. The number of hydrogen-bond acceptors (Lipinski definition) is 5. The number of nitrogens with zero attached hydrogens (tertiary/aromatic N) is 3. The van der Waals surface area contributed by atoms with Gasteiger partial charge in [0.2, 0.25) is 0 Å². The zero-order valence-electron chi connectivity index (χ0n) is 13.5. The summed E-state index contributed by atoms with van der Waals surface area (Å²) in [7, 11) is 0. The van der Waals surface area contributed by atoms with E-state index in [1.807, 2.05) is 6.07 Å². The number of pyridine rings is 1. The van der Waals surface area contributed by atoms with Crippen molar-refractivity contribution in [2.24, 2.45) is 0 Å². The predicted octanol–water partition coefficient (Wildman–Crippen LogP) is 2.41. The van der Waals surface area contributed by atoms with E-state index in [-0.39, 0.29) is 18.2 Å². The molecule has 0 unspecified atom stereocenters. The highest BCUT2D eigenvalue weighted by molar-refractivity contribution is 5.80. The predicted molar refractivity (Wildman–Crippen MR) is 90.5 cm³/mol. The molecule has 0 atom stereocenters. The molecule has 0 bridgehead atoms. The second kappa shape index (κ2) is 6.62. The van der Waals surface area contributed by atoms with Crippen molar-refractivity contribution in [3.05, 3.63) is 59.1 Å². The Morgan fingerprint density at radius 1 is 1.21 bits per heavy atom. The van der Waals surface area contributed by atoms with Gasteiger partial charge in [0.15, 0.2) is 0 Å². The molecule has 0 aliphatic rings. The highest BCUT2D eigenvalue weighted by atomic mass is 16.5. The average Bonchev–Trinajstić information content (AvgIpc) is 2.57. The Kier molecular flexibility index (Phi) is 4.37. The molecule has 0 N–H and O–H groups in total. The van der Waals surface area contributed by atoms with Crippen molar-refractivity contribution in [1.29, 1.82) is 0 Å². The molecule has 0 spiro atoms. The molecule has 2 aromatic heterocycles. The molecule has 6 heteroatoms. The molecule has 6 nitrogen and oxygen atoms in total. The fourth-order valence-electron chi connectivity index (χ4n) is 2.46. The SMILES string of the molecule is CC(C)OC(=O)Cn1c(-c2cccnc2)nc2ccccc2c1=O. The summed E-state index contributed by atoms with van der Waals surface area (Å²) >= 11 is 0. The molecule has 3 aromatic rings. The van der Waals surface area contributed by atoms with Crippen LogP contribution in [0.2, 0.25) is 0 Å². The summed E-state index contributed by atoms with van der Waals surface area (Å²) in [6.07, 6.45) is 3.00. The summed E-state index contributed by atoms with van der Waals surface area (Å²) in [4.78, 5) is 33.5. The lowest BCUT2D eigenvalue weighted by atomic mass is 10.2. The summed E-state index contributed by atoms with van der Waals surface area (Å²) < 4.78 is 6.51. The topological polar surface area (TPSA) is 74.1 Å². The molecule has 0 saturated carbocycles. The molecular formula is C18H17N3O3. The van der Waals surface area contributed by atoms with Crippen molar-refractivity contribution in [2.45, 2.75) is 26.5 Å². The van der Waals surface area contributed by atoms with Crippen LogP contribution in [0.3, 0.4) is 0 Å². The van der Waals surface area contributed by atoms with E-state index in [1.54, 1.807) is 56.6 Å². The van der Waals surface area contributed by atoms with Gasteiger partial charge in [-0.25, -0.2) is 4.98 Å². The van der Waals surface area contributed by atoms with Gasteiger partial charge in [-0.2, -0.15) is 0 Å². The molecule has 2 heterocycles. The molecular weight excluding hydrogens is 306 g/mol. The van der Waals surface area contributed by atoms with Gasteiger partial charge < -0.3 is 4.74 Å². The third-order valence-corrected chi connectivity index (χ3v) is 3.44. The fraction of sp³-hybridized carbons (Fsp3) is 0.222. The summed E-state index contributed by atoms with van der Waals surface area (Å²) in [6.45, 7) is 3.34.